The van der Waals surface area contributed by atoms with Crippen LogP contribution in [0.1, 0.15) is 71.1 Å². The van der Waals surface area contributed by atoms with Gasteiger partial charge in [-0.3, -0.25) is 0 Å². The van der Waals surface area contributed by atoms with E-state index < -0.39 is 5.97 Å². The average Bonchev–Trinajstić information content (AvgIpc) is 2.27. The summed E-state index contributed by atoms with van der Waals surface area (Å²) in [6.07, 6.45) is 12.7. The van der Waals surface area contributed by atoms with Crippen LogP contribution in [0, 0.1) is 6.92 Å². The van der Waals surface area contributed by atoms with E-state index in [-0.39, 0.29) is 22.9 Å². The first-order valence-corrected chi connectivity index (χ1v) is 6.79. The molecular formula is C15H28NiO2. The summed E-state index contributed by atoms with van der Waals surface area (Å²) in [6, 6.07) is 0. The molecule has 0 aromatic rings. The summed E-state index contributed by atoms with van der Waals surface area (Å²) in [7, 11) is 0. The van der Waals surface area contributed by atoms with Crippen molar-refractivity contribution in [2.24, 2.45) is 0 Å². The molecule has 0 saturated heterocycles. The minimum Gasteiger partial charge on any atom is -0.550 e. The van der Waals surface area contributed by atoms with Crippen molar-refractivity contribution in [3.8, 4) is 0 Å². The van der Waals surface area contributed by atoms with Crippen LogP contribution < -0.4 is 5.11 Å². The van der Waals surface area contributed by atoms with E-state index in [1.54, 1.807) is 0 Å². The number of hydrogen-bond acceptors (Lipinski definition) is 2. The summed E-state index contributed by atoms with van der Waals surface area (Å²) < 4.78 is 0. The number of rotatable bonds is 10. The van der Waals surface area contributed by atoms with Gasteiger partial charge in [0, 0.05) is 5.97 Å². The Morgan fingerprint density at radius 1 is 1.06 bits per heavy atom. The second-order valence-corrected chi connectivity index (χ2v) is 4.24. The normalized spacial score (nSPS) is 8.72. The molecule has 0 aliphatic heterocycles. The van der Waals surface area contributed by atoms with E-state index in [2.05, 4.69) is 20.4 Å². The molecule has 0 spiro atoms. The zero-order valence-electron chi connectivity index (χ0n) is 11.7. The van der Waals surface area contributed by atoms with Gasteiger partial charge in [-0.2, -0.15) is 0 Å². The number of carbonyl (C=O) groups excluding carboxylic acids is 1. The zero-order valence-corrected chi connectivity index (χ0v) is 12.7. The van der Waals surface area contributed by atoms with Crippen molar-refractivity contribution in [3.63, 3.8) is 0 Å². The standard InChI is InChI=1S/C12H24O2.C3H5.Ni/c1-2-3-4-5-6-7-8-9-10-11-12(13)14;1-3-2;/h2-11H2,1H3,(H,13,14);3H,1-2H2;/q;-1;+2/p-1. The Labute approximate surface area is 123 Å². The third-order valence-electron chi connectivity index (χ3n) is 2.48. The smallest absolute Gasteiger partial charge is 0.550 e. The van der Waals surface area contributed by atoms with E-state index in [1.165, 1.54) is 51.0 Å². The number of carboxylic acids is 1. The molecule has 0 aromatic heterocycles. The minimum absolute atomic E-state index is 0. The van der Waals surface area contributed by atoms with E-state index >= 15 is 0 Å². The van der Waals surface area contributed by atoms with Gasteiger partial charge in [0.1, 0.15) is 0 Å². The molecule has 18 heavy (non-hydrogen) atoms. The molecule has 0 amide bonds. The van der Waals surface area contributed by atoms with Crippen molar-refractivity contribution < 1.29 is 26.4 Å². The Bertz CT molecular complexity index is 170. The Hall–Kier alpha value is -0.426. The molecule has 0 saturated carbocycles. The number of allylic oxidation sites excluding steroid dienone is 1. The van der Waals surface area contributed by atoms with E-state index in [9.17, 15) is 9.90 Å². The Morgan fingerprint density at radius 3 is 1.72 bits per heavy atom. The fourth-order valence-electron chi connectivity index (χ4n) is 1.58. The fourth-order valence-corrected chi connectivity index (χ4v) is 1.58. The molecule has 110 valence electrons. The maximum atomic E-state index is 10.1. The van der Waals surface area contributed by atoms with Gasteiger partial charge in [-0.05, 0) is 12.8 Å². The van der Waals surface area contributed by atoms with Crippen molar-refractivity contribution in [2.75, 3.05) is 0 Å². The van der Waals surface area contributed by atoms with Crippen LogP contribution in [0.4, 0.5) is 0 Å². The van der Waals surface area contributed by atoms with E-state index in [4.69, 9.17) is 0 Å². The summed E-state index contributed by atoms with van der Waals surface area (Å²) in [5, 5.41) is 10.1. The molecule has 0 atom stereocenters. The van der Waals surface area contributed by atoms with Crippen LogP contribution in [0.3, 0.4) is 0 Å². The number of carboxylic acid groups (broad SMARTS) is 1. The quantitative estimate of drug-likeness (QED) is 0.351. The minimum atomic E-state index is -0.909. The number of hydrogen-bond donors (Lipinski definition) is 0. The summed E-state index contributed by atoms with van der Waals surface area (Å²) in [4.78, 5) is 10.1. The molecule has 0 bridgehead atoms. The third kappa shape index (κ3) is 29.6. The van der Waals surface area contributed by atoms with E-state index in [1.807, 2.05) is 0 Å². The van der Waals surface area contributed by atoms with Crippen molar-refractivity contribution in [1.29, 1.82) is 0 Å². The van der Waals surface area contributed by atoms with Crippen molar-refractivity contribution in [3.05, 3.63) is 19.6 Å². The molecule has 0 radical (unpaired) electrons. The first-order chi connectivity index (χ1) is 8.18. The molecule has 0 heterocycles. The predicted molar refractivity (Wildman–Crippen MR) is 72.4 cm³/mol. The second-order valence-electron chi connectivity index (χ2n) is 4.24. The summed E-state index contributed by atoms with van der Waals surface area (Å²) in [5.74, 6) is -0.909. The van der Waals surface area contributed by atoms with Crippen molar-refractivity contribution in [2.45, 2.75) is 71.1 Å². The fraction of sp³-hybridized carbons (Fsp3) is 0.733. The van der Waals surface area contributed by atoms with E-state index in [0.717, 1.165) is 12.8 Å². The van der Waals surface area contributed by atoms with Gasteiger partial charge < -0.3 is 9.90 Å². The SMILES string of the molecule is C=C[CH2-].CCCCCCCCCCCC(=O)[O-].[Ni+2]. The van der Waals surface area contributed by atoms with Gasteiger partial charge in [-0.15, -0.1) is 0 Å². The second kappa shape index (κ2) is 21.8. The van der Waals surface area contributed by atoms with Crippen LogP contribution >= 0.6 is 0 Å². The van der Waals surface area contributed by atoms with Gasteiger partial charge >= 0.3 is 16.5 Å². The first kappa shape index (κ1) is 22.7. The van der Waals surface area contributed by atoms with Crippen LogP contribution in [0.15, 0.2) is 12.7 Å². The number of carbonyl (C=O) groups is 1. The monoisotopic (exact) mass is 298 g/mol. The Kier molecular flexibility index (Phi) is 27.5. The zero-order chi connectivity index (χ0) is 13.4. The van der Waals surface area contributed by atoms with Gasteiger partial charge in [-0.1, -0.05) is 58.3 Å². The third-order valence-corrected chi connectivity index (χ3v) is 2.48. The Balaban J connectivity index is -0.000000507. The largest absolute Gasteiger partial charge is 2.00 e. The van der Waals surface area contributed by atoms with Crippen LogP contribution in [0.25, 0.3) is 0 Å². The summed E-state index contributed by atoms with van der Waals surface area (Å²) in [6.45, 7) is 8.72. The van der Waals surface area contributed by atoms with Crippen LogP contribution in [0.5, 0.6) is 0 Å². The molecule has 0 unspecified atom stereocenters. The maximum absolute atomic E-state index is 10.1. The molecule has 3 heteroatoms. The van der Waals surface area contributed by atoms with E-state index in [0.29, 0.717) is 0 Å². The topological polar surface area (TPSA) is 40.1 Å². The van der Waals surface area contributed by atoms with Gasteiger partial charge in [0.05, 0.1) is 0 Å². The molecule has 0 aliphatic rings. The maximum Gasteiger partial charge on any atom is 2.00 e. The predicted octanol–water partition coefficient (Wildman–Crippen LogP) is 3.66. The first-order valence-electron chi connectivity index (χ1n) is 6.79. The van der Waals surface area contributed by atoms with Gasteiger partial charge in [0.25, 0.3) is 0 Å². The molecule has 0 rings (SSSR count). The van der Waals surface area contributed by atoms with Crippen molar-refractivity contribution in [1.82, 2.24) is 0 Å². The molecule has 0 aromatic carbocycles. The van der Waals surface area contributed by atoms with Crippen LogP contribution in [-0.4, -0.2) is 5.97 Å². The molecule has 0 fully saturated rings. The molecule has 0 N–H and O–H groups in total. The van der Waals surface area contributed by atoms with Crippen LogP contribution in [-0.2, 0) is 21.3 Å². The Morgan fingerprint density at radius 2 is 1.39 bits per heavy atom. The van der Waals surface area contributed by atoms with Gasteiger partial charge in [0.15, 0.2) is 0 Å². The van der Waals surface area contributed by atoms with Crippen LogP contribution in [0.2, 0.25) is 0 Å². The number of unbranched alkanes of at least 4 members (excludes halogenated alkanes) is 8. The molecular weight excluding hydrogens is 271 g/mol. The van der Waals surface area contributed by atoms with Gasteiger partial charge in [0.2, 0.25) is 0 Å². The van der Waals surface area contributed by atoms with Gasteiger partial charge in [-0.25, -0.2) is 19.6 Å². The van der Waals surface area contributed by atoms with Crippen molar-refractivity contribution >= 4 is 5.97 Å². The summed E-state index contributed by atoms with van der Waals surface area (Å²) in [5.41, 5.74) is 0. The molecule has 2 nitrogen and oxygen atoms in total. The average molecular weight is 299 g/mol. The molecule has 0 aliphatic carbocycles. The summed E-state index contributed by atoms with van der Waals surface area (Å²) >= 11 is 0. The number of aliphatic carboxylic acids is 1.